The van der Waals surface area contributed by atoms with Crippen molar-refractivity contribution in [2.75, 3.05) is 11.4 Å². The first-order valence-electron chi connectivity index (χ1n) is 7.44. The first kappa shape index (κ1) is 15.1. The second kappa shape index (κ2) is 6.53. The summed E-state index contributed by atoms with van der Waals surface area (Å²) in [6.45, 7) is 2.85. The van der Waals surface area contributed by atoms with Gasteiger partial charge in [0, 0.05) is 16.7 Å². The van der Waals surface area contributed by atoms with Gasteiger partial charge in [-0.05, 0) is 30.2 Å². The summed E-state index contributed by atoms with van der Waals surface area (Å²) in [5.41, 5.74) is 1.40. The number of hydrogen-bond acceptors (Lipinski definition) is 2. The highest BCUT2D eigenvalue weighted by Gasteiger charge is 2.24. The third-order valence-electron chi connectivity index (χ3n) is 3.84. The van der Waals surface area contributed by atoms with Gasteiger partial charge in [-0.2, -0.15) is 0 Å². The van der Waals surface area contributed by atoms with Gasteiger partial charge < -0.3 is 4.90 Å². The van der Waals surface area contributed by atoms with Crippen molar-refractivity contribution in [2.24, 2.45) is 0 Å². The van der Waals surface area contributed by atoms with Crippen molar-refractivity contribution < 1.29 is 9.18 Å². The van der Waals surface area contributed by atoms with E-state index in [1.54, 1.807) is 34.9 Å². The van der Waals surface area contributed by atoms with Crippen molar-refractivity contribution in [1.82, 2.24) is 0 Å². The lowest BCUT2D eigenvalue weighted by molar-refractivity contribution is -0.118. The molecule has 0 saturated heterocycles. The lowest BCUT2D eigenvalue weighted by Gasteiger charge is -2.22. The standard InChI is InChI=1S/C18H18FNOS/c1-13-10-11-20(16-8-4-5-9-17(16)22-13)18(21)12-14-6-2-3-7-15(14)19/h2-9,13H,10-12H2,1H3. The molecule has 1 atom stereocenters. The maximum Gasteiger partial charge on any atom is 0.231 e. The molecule has 0 saturated carbocycles. The Bertz CT molecular complexity index is 688. The van der Waals surface area contributed by atoms with Crippen molar-refractivity contribution in [3.05, 3.63) is 59.9 Å². The molecule has 2 aromatic rings. The molecule has 3 rings (SSSR count). The summed E-state index contributed by atoms with van der Waals surface area (Å²) in [5.74, 6) is -0.367. The second-order valence-electron chi connectivity index (χ2n) is 5.50. The number of rotatable bonds is 2. The summed E-state index contributed by atoms with van der Waals surface area (Å²) >= 11 is 1.80. The summed E-state index contributed by atoms with van der Waals surface area (Å²) in [7, 11) is 0. The van der Waals surface area contributed by atoms with E-state index in [-0.39, 0.29) is 18.1 Å². The minimum atomic E-state index is -0.318. The summed E-state index contributed by atoms with van der Waals surface area (Å²) in [4.78, 5) is 15.6. The molecule has 22 heavy (non-hydrogen) atoms. The Kier molecular flexibility index (Phi) is 4.48. The predicted molar refractivity (Wildman–Crippen MR) is 88.8 cm³/mol. The topological polar surface area (TPSA) is 20.3 Å². The largest absolute Gasteiger partial charge is 0.311 e. The average molecular weight is 315 g/mol. The van der Waals surface area contributed by atoms with E-state index in [1.165, 1.54) is 6.07 Å². The molecule has 2 nitrogen and oxygen atoms in total. The van der Waals surface area contributed by atoms with E-state index in [1.807, 2.05) is 24.3 Å². The summed E-state index contributed by atoms with van der Waals surface area (Å²) in [6.07, 6.45) is 1.03. The van der Waals surface area contributed by atoms with E-state index >= 15 is 0 Å². The molecule has 114 valence electrons. The number of fused-ring (bicyclic) bond motifs is 1. The van der Waals surface area contributed by atoms with Crippen LogP contribution in [-0.2, 0) is 11.2 Å². The number of amides is 1. The molecule has 1 amide bonds. The normalized spacial score (nSPS) is 17.7. The van der Waals surface area contributed by atoms with E-state index in [2.05, 4.69) is 6.92 Å². The first-order valence-corrected chi connectivity index (χ1v) is 8.32. The first-order chi connectivity index (χ1) is 10.6. The minimum Gasteiger partial charge on any atom is -0.311 e. The van der Waals surface area contributed by atoms with E-state index in [0.717, 1.165) is 17.0 Å². The second-order valence-corrected chi connectivity index (χ2v) is 6.98. The van der Waals surface area contributed by atoms with Gasteiger partial charge in [0.2, 0.25) is 5.91 Å². The highest BCUT2D eigenvalue weighted by Crippen LogP contribution is 2.37. The molecule has 1 heterocycles. The molecule has 0 bridgehead atoms. The molecule has 2 aromatic carbocycles. The molecular formula is C18H18FNOS. The fourth-order valence-corrected chi connectivity index (χ4v) is 3.76. The lowest BCUT2D eigenvalue weighted by Crippen LogP contribution is -2.33. The van der Waals surface area contributed by atoms with Crippen LogP contribution in [0.25, 0.3) is 0 Å². The van der Waals surface area contributed by atoms with Crippen LogP contribution < -0.4 is 4.90 Å². The molecule has 0 aliphatic carbocycles. The highest BCUT2D eigenvalue weighted by molar-refractivity contribution is 8.00. The summed E-state index contributed by atoms with van der Waals surface area (Å²) in [6, 6.07) is 14.4. The fraction of sp³-hybridized carbons (Fsp3) is 0.278. The van der Waals surface area contributed by atoms with Crippen LogP contribution in [-0.4, -0.2) is 17.7 Å². The number of carbonyl (C=O) groups excluding carboxylic acids is 1. The molecule has 0 radical (unpaired) electrons. The van der Waals surface area contributed by atoms with Crippen molar-refractivity contribution >= 4 is 23.4 Å². The van der Waals surface area contributed by atoms with Crippen LogP contribution >= 0.6 is 11.8 Å². The van der Waals surface area contributed by atoms with Gasteiger partial charge in [-0.1, -0.05) is 37.3 Å². The van der Waals surface area contributed by atoms with E-state index < -0.39 is 0 Å². The van der Waals surface area contributed by atoms with Crippen molar-refractivity contribution in [3.63, 3.8) is 0 Å². The van der Waals surface area contributed by atoms with Crippen LogP contribution in [0.5, 0.6) is 0 Å². The van der Waals surface area contributed by atoms with E-state index in [9.17, 15) is 9.18 Å². The Labute approximate surface area is 134 Å². The van der Waals surface area contributed by atoms with Gasteiger partial charge >= 0.3 is 0 Å². The molecule has 0 aromatic heterocycles. The van der Waals surface area contributed by atoms with Gasteiger partial charge in [0.25, 0.3) is 0 Å². The Balaban J connectivity index is 1.87. The van der Waals surface area contributed by atoms with Crippen molar-refractivity contribution in [1.29, 1.82) is 0 Å². The molecule has 4 heteroatoms. The predicted octanol–water partition coefficient (Wildman–Crippen LogP) is 4.29. The average Bonchev–Trinajstić information content (AvgIpc) is 2.68. The zero-order chi connectivity index (χ0) is 15.5. The molecule has 0 N–H and O–H groups in total. The molecule has 1 aliphatic rings. The minimum absolute atomic E-state index is 0.0488. The maximum atomic E-state index is 13.8. The number of nitrogens with zero attached hydrogens (tertiary/aromatic N) is 1. The van der Waals surface area contributed by atoms with Crippen LogP contribution in [0.3, 0.4) is 0 Å². The number of thioether (sulfide) groups is 1. The summed E-state index contributed by atoms with van der Waals surface area (Å²) < 4.78 is 13.8. The van der Waals surface area contributed by atoms with Crippen molar-refractivity contribution in [3.8, 4) is 0 Å². The molecule has 1 aliphatic heterocycles. The van der Waals surface area contributed by atoms with Gasteiger partial charge in [-0.15, -0.1) is 11.8 Å². The van der Waals surface area contributed by atoms with Crippen LogP contribution in [0.1, 0.15) is 18.9 Å². The van der Waals surface area contributed by atoms with Crippen LogP contribution in [0.2, 0.25) is 0 Å². The zero-order valence-electron chi connectivity index (χ0n) is 12.5. The van der Waals surface area contributed by atoms with E-state index in [0.29, 0.717) is 17.4 Å². The van der Waals surface area contributed by atoms with Gasteiger partial charge in [0.1, 0.15) is 5.82 Å². The van der Waals surface area contributed by atoms with Gasteiger partial charge in [-0.25, -0.2) is 4.39 Å². The van der Waals surface area contributed by atoms with Gasteiger partial charge in [-0.3, -0.25) is 4.79 Å². The Morgan fingerprint density at radius 2 is 1.95 bits per heavy atom. The van der Waals surface area contributed by atoms with Crippen molar-refractivity contribution in [2.45, 2.75) is 29.9 Å². The number of carbonyl (C=O) groups is 1. The zero-order valence-corrected chi connectivity index (χ0v) is 13.3. The monoisotopic (exact) mass is 315 g/mol. The number of halogens is 1. The quantitative estimate of drug-likeness (QED) is 0.824. The number of benzene rings is 2. The van der Waals surface area contributed by atoms with Crippen LogP contribution in [0.4, 0.5) is 10.1 Å². The Morgan fingerprint density at radius 3 is 2.77 bits per heavy atom. The number of para-hydroxylation sites is 1. The third-order valence-corrected chi connectivity index (χ3v) is 5.08. The molecule has 0 spiro atoms. The summed E-state index contributed by atoms with van der Waals surface area (Å²) in [5, 5.41) is 0.465. The molecular weight excluding hydrogens is 297 g/mol. The Morgan fingerprint density at radius 1 is 1.23 bits per heavy atom. The highest BCUT2D eigenvalue weighted by atomic mass is 32.2. The van der Waals surface area contributed by atoms with Gasteiger partial charge in [0.05, 0.1) is 12.1 Å². The SMILES string of the molecule is CC1CCN(C(=O)Cc2ccccc2F)c2ccccc2S1. The van der Waals surface area contributed by atoms with Crippen LogP contribution in [0.15, 0.2) is 53.4 Å². The van der Waals surface area contributed by atoms with Gasteiger partial charge in [0.15, 0.2) is 0 Å². The Hall–Kier alpha value is -1.81. The number of anilines is 1. The smallest absolute Gasteiger partial charge is 0.231 e. The molecule has 1 unspecified atom stereocenters. The van der Waals surface area contributed by atoms with E-state index in [4.69, 9.17) is 0 Å². The lowest BCUT2D eigenvalue weighted by atomic mass is 10.1. The third kappa shape index (κ3) is 3.17. The number of hydrogen-bond donors (Lipinski definition) is 0. The fourth-order valence-electron chi connectivity index (χ4n) is 2.65. The maximum absolute atomic E-state index is 13.8. The molecule has 0 fully saturated rings. The van der Waals surface area contributed by atoms with Crippen LogP contribution in [0, 0.1) is 5.82 Å².